The molecule has 1 aliphatic rings. The molecule has 0 radical (unpaired) electrons. The summed E-state index contributed by atoms with van der Waals surface area (Å²) in [6.07, 6.45) is 6.68. The first-order valence-corrected chi connectivity index (χ1v) is 6.19. The number of anilines is 1. The number of nitrogens with one attached hydrogen (secondary N) is 2. The third-order valence-corrected chi connectivity index (χ3v) is 3.49. The Hall–Kier alpha value is -1.10. The lowest BCUT2D eigenvalue weighted by Gasteiger charge is -2.22. The van der Waals surface area contributed by atoms with Crippen LogP contribution in [0.4, 0.5) is 5.95 Å². The van der Waals surface area contributed by atoms with E-state index >= 15 is 0 Å². The second-order valence-electron chi connectivity index (χ2n) is 4.58. The number of aromatic amines is 1. The molecule has 0 unspecified atom stereocenters. The Bertz CT molecular complexity index is 316. The van der Waals surface area contributed by atoms with Crippen molar-refractivity contribution in [1.82, 2.24) is 20.5 Å². The van der Waals surface area contributed by atoms with Crippen LogP contribution in [0, 0.1) is 5.92 Å². The fraction of sp³-hybridized carbons (Fsp3) is 0.818. The minimum Gasteiger partial charge on any atom is -0.367 e. The molecule has 0 saturated heterocycles. The molecule has 90 valence electrons. The predicted molar refractivity (Wildman–Crippen MR) is 63.7 cm³/mol. The van der Waals surface area contributed by atoms with Gasteiger partial charge in [0, 0.05) is 6.04 Å². The zero-order chi connectivity index (χ0) is 11.4. The summed E-state index contributed by atoms with van der Waals surface area (Å²) in [4.78, 5) is 4.09. The van der Waals surface area contributed by atoms with Crippen LogP contribution in [0.2, 0.25) is 0 Å². The van der Waals surface area contributed by atoms with Crippen LogP contribution in [0.5, 0.6) is 0 Å². The van der Waals surface area contributed by atoms with Crippen LogP contribution < -0.4 is 11.1 Å². The molecule has 2 rings (SSSR count). The number of rotatable bonds is 5. The first-order valence-electron chi connectivity index (χ1n) is 6.19. The monoisotopic (exact) mass is 223 g/mol. The number of nitrogen functional groups attached to an aromatic ring is 1. The number of H-pyrrole nitrogens is 1. The molecule has 1 atom stereocenters. The van der Waals surface area contributed by atoms with Gasteiger partial charge in [0.2, 0.25) is 5.95 Å². The Balaban J connectivity index is 1.82. The van der Waals surface area contributed by atoms with Crippen molar-refractivity contribution in [1.29, 1.82) is 0 Å². The maximum atomic E-state index is 5.46. The van der Waals surface area contributed by atoms with E-state index in [1.165, 1.54) is 32.1 Å². The third-order valence-electron chi connectivity index (χ3n) is 3.49. The predicted octanol–water partition coefficient (Wildman–Crippen LogP) is 1.45. The van der Waals surface area contributed by atoms with E-state index < -0.39 is 0 Å². The lowest BCUT2D eigenvalue weighted by Crippen LogP contribution is -2.34. The minimum absolute atomic E-state index is 0.325. The molecule has 4 N–H and O–H groups in total. The number of nitrogens with two attached hydrogens (primary N) is 1. The molecule has 1 fully saturated rings. The lowest BCUT2D eigenvalue weighted by atomic mass is 9.96. The fourth-order valence-corrected chi connectivity index (χ4v) is 2.62. The van der Waals surface area contributed by atoms with Gasteiger partial charge in [0.1, 0.15) is 5.82 Å². The molecule has 0 aliphatic heterocycles. The van der Waals surface area contributed by atoms with Crippen molar-refractivity contribution in [3.63, 3.8) is 0 Å². The summed E-state index contributed by atoms with van der Waals surface area (Å²) in [7, 11) is 0. The summed E-state index contributed by atoms with van der Waals surface area (Å²) in [6.45, 7) is 2.98. The minimum atomic E-state index is 0.325. The first-order chi connectivity index (χ1) is 7.79. The van der Waals surface area contributed by atoms with Gasteiger partial charge in [0.05, 0.1) is 6.54 Å². The highest BCUT2D eigenvalue weighted by Crippen LogP contribution is 2.28. The zero-order valence-corrected chi connectivity index (χ0v) is 9.87. The van der Waals surface area contributed by atoms with Crippen LogP contribution in [-0.2, 0) is 6.54 Å². The first kappa shape index (κ1) is 11.4. The quantitative estimate of drug-likeness (QED) is 0.705. The fourth-order valence-electron chi connectivity index (χ4n) is 2.62. The van der Waals surface area contributed by atoms with E-state index in [4.69, 9.17) is 5.73 Å². The SMILES string of the molecule is CC[C@@H](NCc1nc(N)n[nH]1)C1CCCC1. The smallest absolute Gasteiger partial charge is 0.239 e. The summed E-state index contributed by atoms with van der Waals surface area (Å²) < 4.78 is 0. The second kappa shape index (κ2) is 5.30. The molecule has 5 nitrogen and oxygen atoms in total. The summed E-state index contributed by atoms with van der Waals surface area (Å²) in [5.74, 6) is 1.99. The molecule has 0 bridgehead atoms. The Morgan fingerprint density at radius 1 is 1.50 bits per heavy atom. The Kier molecular flexibility index (Phi) is 3.77. The van der Waals surface area contributed by atoms with Crippen molar-refractivity contribution < 1.29 is 0 Å². The molecule has 5 heteroatoms. The number of hydrogen-bond acceptors (Lipinski definition) is 4. The number of aromatic nitrogens is 3. The van der Waals surface area contributed by atoms with Gasteiger partial charge in [-0.1, -0.05) is 19.8 Å². The summed E-state index contributed by atoms with van der Waals surface area (Å²) >= 11 is 0. The van der Waals surface area contributed by atoms with E-state index in [0.29, 0.717) is 12.0 Å². The van der Waals surface area contributed by atoms with Gasteiger partial charge in [0.25, 0.3) is 0 Å². The van der Waals surface area contributed by atoms with Gasteiger partial charge in [0.15, 0.2) is 0 Å². The van der Waals surface area contributed by atoms with Gasteiger partial charge in [-0.05, 0) is 25.2 Å². The average Bonchev–Trinajstić information content (AvgIpc) is 2.91. The highest BCUT2D eigenvalue weighted by atomic mass is 15.3. The molecule has 1 aliphatic carbocycles. The average molecular weight is 223 g/mol. The summed E-state index contributed by atoms with van der Waals surface area (Å²) in [5.41, 5.74) is 5.46. The highest BCUT2D eigenvalue weighted by Gasteiger charge is 2.23. The lowest BCUT2D eigenvalue weighted by molar-refractivity contribution is 0.345. The van der Waals surface area contributed by atoms with Crippen LogP contribution >= 0.6 is 0 Å². The Labute approximate surface area is 96.2 Å². The van der Waals surface area contributed by atoms with Gasteiger partial charge in [-0.15, -0.1) is 5.10 Å². The molecular formula is C11H21N5. The van der Waals surface area contributed by atoms with Crippen molar-refractivity contribution >= 4 is 5.95 Å². The normalized spacial score (nSPS) is 19.1. The van der Waals surface area contributed by atoms with Crippen molar-refractivity contribution in [3.8, 4) is 0 Å². The molecule has 1 aromatic heterocycles. The van der Waals surface area contributed by atoms with Gasteiger partial charge < -0.3 is 11.1 Å². The van der Waals surface area contributed by atoms with Crippen LogP contribution in [0.1, 0.15) is 44.9 Å². The van der Waals surface area contributed by atoms with Crippen molar-refractivity contribution in [3.05, 3.63) is 5.82 Å². The molecule has 1 saturated carbocycles. The topological polar surface area (TPSA) is 79.6 Å². The Morgan fingerprint density at radius 2 is 2.25 bits per heavy atom. The molecular weight excluding hydrogens is 202 g/mol. The third kappa shape index (κ3) is 2.72. The van der Waals surface area contributed by atoms with Crippen LogP contribution in [0.3, 0.4) is 0 Å². The van der Waals surface area contributed by atoms with E-state index in [9.17, 15) is 0 Å². The van der Waals surface area contributed by atoms with Crippen molar-refractivity contribution in [2.24, 2.45) is 5.92 Å². The van der Waals surface area contributed by atoms with E-state index in [2.05, 4.69) is 27.4 Å². The van der Waals surface area contributed by atoms with Crippen LogP contribution in [-0.4, -0.2) is 21.2 Å². The van der Waals surface area contributed by atoms with E-state index in [1.807, 2.05) is 0 Å². The molecule has 0 aromatic carbocycles. The molecule has 1 aromatic rings. The van der Waals surface area contributed by atoms with Crippen molar-refractivity contribution in [2.45, 2.75) is 51.6 Å². The standard InChI is InChI=1S/C11H21N5/c1-2-9(8-5-3-4-6-8)13-7-10-14-11(12)16-15-10/h8-9,13H,2-7H2,1H3,(H3,12,14,15,16)/t9-/m1/s1. The van der Waals surface area contributed by atoms with Gasteiger partial charge in [-0.25, -0.2) is 0 Å². The van der Waals surface area contributed by atoms with E-state index in [1.54, 1.807) is 0 Å². The van der Waals surface area contributed by atoms with Crippen LogP contribution in [0.15, 0.2) is 0 Å². The van der Waals surface area contributed by atoms with Gasteiger partial charge in [-0.3, -0.25) is 5.10 Å². The van der Waals surface area contributed by atoms with Gasteiger partial charge in [-0.2, -0.15) is 4.98 Å². The second-order valence-corrected chi connectivity index (χ2v) is 4.58. The van der Waals surface area contributed by atoms with Crippen LogP contribution in [0.25, 0.3) is 0 Å². The van der Waals surface area contributed by atoms with Crippen molar-refractivity contribution in [2.75, 3.05) is 5.73 Å². The maximum absolute atomic E-state index is 5.46. The molecule has 16 heavy (non-hydrogen) atoms. The highest BCUT2D eigenvalue weighted by molar-refractivity contribution is 5.12. The van der Waals surface area contributed by atoms with E-state index in [0.717, 1.165) is 18.3 Å². The zero-order valence-electron chi connectivity index (χ0n) is 9.87. The largest absolute Gasteiger partial charge is 0.367 e. The van der Waals surface area contributed by atoms with E-state index in [-0.39, 0.29) is 0 Å². The summed E-state index contributed by atoms with van der Waals surface area (Å²) in [6, 6.07) is 0.605. The molecule has 0 spiro atoms. The maximum Gasteiger partial charge on any atom is 0.239 e. The molecule has 1 heterocycles. The van der Waals surface area contributed by atoms with Gasteiger partial charge >= 0.3 is 0 Å². The summed E-state index contributed by atoms with van der Waals surface area (Å²) in [5, 5.41) is 10.2. The number of nitrogens with zero attached hydrogens (tertiary/aromatic N) is 2. The number of hydrogen-bond donors (Lipinski definition) is 3. The molecule has 0 amide bonds. The Morgan fingerprint density at radius 3 is 2.81 bits per heavy atom.